The van der Waals surface area contributed by atoms with Crippen molar-refractivity contribution >= 4 is 29.2 Å². The lowest BCUT2D eigenvalue weighted by atomic mass is 10.0. The van der Waals surface area contributed by atoms with Gasteiger partial charge in [-0.1, -0.05) is 41.9 Å². The SMILES string of the molecule is CCN(CC(O)(CNC(=O)c1cnn(-c2ccccc2Cl)c1N)C(F)(F)F)C(=O)c1ccccc1. The molecule has 0 saturated heterocycles. The highest BCUT2D eigenvalue weighted by atomic mass is 35.5. The Kier molecular flexibility index (Phi) is 7.71. The van der Waals surface area contributed by atoms with E-state index in [1.807, 2.05) is 0 Å². The molecule has 2 aromatic carbocycles. The van der Waals surface area contributed by atoms with Gasteiger partial charge in [-0.15, -0.1) is 0 Å². The Balaban J connectivity index is 1.79. The summed E-state index contributed by atoms with van der Waals surface area (Å²) in [4.78, 5) is 26.2. The number of amides is 2. The summed E-state index contributed by atoms with van der Waals surface area (Å²) in [5, 5.41) is 16.9. The molecular formula is C23H23ClF3N5O3. The van der Waals surface area contributed by atoms with E-state index >= 15 is 0 Å². The van der Waals surface area contributed by atoms with Gasteiger partial charge in [0.25, 0.3) is 11.8 Å². The van der Waals surface area contributed by atoms with Gasteiger partial charge < -0.3 is 21.1 Å². The molecule has 2 amide bonds. The maximum atomic E-state index is 13.9. The van der Waals surface area contributed by atoms with Gasteiger partial charge in [0.2, 0.25) is 0 Å². The highest BCUT2D eigenvalue weighted by molar-refractivity contribution is 6.32. The molecular weight excluding hydrogens is 487 g/mol. The molecule has 0 aliphatic rings. The first-order valence-corrected chi connectivity index (χ1v) is 10.9. The summed E-state index contributed by atoms with van der Waals surface area (Å²) in [6, 6.07) is 14.2. The Morgan fingerprint density at radius 3 is 2.37 bits per heavy atom. The van der Waals surface area contributed by atoms with Crippen LogP contribution in [0, 0.1) is 0 Å². The van der Waals surface area contributed by atoms with Crippen LogP contribution in [0.5, 0.6) is 0 Å². The van der Waals surface area contributed by atoms with E-state index in [-0.39, 0.29) is 23.5 Å². The van der Waals surface area contributed by atoms with E-state index < -0.39 is 36.7 Å². The van der Waals surface area contributed by atoms with Crippen LogP contribution in [0.4, 0.5) is 19.0 Å². The third-order valence-electron chi connectivity index (χ3n) is 5.34. The maximum absolute atomic E-state index is 13.9. The summed E-state index contributed by atoms with van der Waals surface area (Å²) in [5.41, 5.74) is 2.89. The lowest BCUT2D eigenvalue weighted by Gasteiger charge is -2.35. The molecule has 0 fully saturated rings. The third-order valence-corrected chi connectivity index (χ3v) is 5.66. The molecule has 12 heteroatoms. The quantitative estimate of drug-likeness (QED) is 0.431. The van der Waals surface area contributed by atoms with Gasteiger partial charge in [0, 0.05) is 12.1 Å². The third kappa shape index (κ3) is 5.57. The number of carbonyl (C=O) groups is 2. The predicted octanol–water partition coefficient (Wildman–Crippen LogP) is 3.29. The number of rotatable bonds is 8. The van der Waals surface area contributed by atoms with Crippen molar-refractivity contribution in [3.05, 3.63) is 76.9 Å². The molecule has 0 aliphatic heterocycles. The molecule has 0 aliphatic carbocycles. The number of likely N-dealkylation sites (N-methyl/N-ethyl adjacent to an activating group) is 1. The van der Waals surface area contributed by atoms with E-state index in [2.05, 4.69) is 10.4 Å². The Bertz CT molecular complexity index is 1200. The van der Waals surface area contributed by atoms with E-state index in [4.69, 9.17) is 17.3 Å². The largest absolute Gasteiger partial charge is 0.420 e. The van der Waals surface area contributed by atoms with Crippen molar-refractivity contribution in [2.24, 2.45) is 0 Å². The van der Waals surface area contributed by atoms with E-state index in [0.29, 0.717) is 10.7 Å². The van der Waals surface area contributed by atoms with Crippen LogP contribution in [0.2, 0.25) is 5.02 Å². The van der Waals surface area contributed by atoms with Crippen molar-refractivity contribution in [2.75, 3.05) is 25.4 Å². The number of hydrogen-bond donors (Lipinski definition) is 3. The second-order valence-electron chi connectivity index (χ2n) is 7.70. The Morgan fingerprint density at radius 2 is 1.77 bits per heavy atom. The number of aliphatic hydroxyl groups is 1. The normalized spacial score (nSPS) is 13.2. The molecule has 3 rings (SSSR count). The molecule has 0 saturated carbocycles. The molecule has 3 aromatic rings. The highest BCUT2D eigenvalue weighted by Gasteiger charge is 2.55. The number of nitrogen functional groups attached to an aromatic ring is 1. The Hall–Kier alpha value is -3.57. The van der Waals surface area contributed by atoms with Crippen LogP contribution in [0.25, 0.3) is 5.69 Å². The number of aromatic nitrogens is 2. The van der Waals surface area contributed by atoms with Crippen molar-refractivity contribution in [3.63, 3.8) is 0 Å². The molecule has 1 heterocycles. The minimum atomic E-state index is -5.15. The summed E-state index contributed by atoms with van der Waals surface area (Å²) in [6.45, 7) is -0.919. The van der Waals surface area contributed by atoms with Crippen molar-refractivity contribution in [1.29, 1.82) is 0 Å². The van der Waals surface area contributed by atoms with Crippen LogP contribution < -0.4 is 11.1 Å². The second-order valence-corrected chi connectivity index (χ2v) is 8.11. The van der Waals surface area contributed by atoms with Gasteiger partial charge in [0.05, 0.1) is 30.0 Å². The number of anilines is 1. The molecule has 1 atom stereocenters. The van der Waals surface area contributed by atoms with Crippen LogP contribution in [0.1, 0.15) is 27.6 Å². The number of nitrogens with two attached hydrogens (primary N) is 1. The van der Waals surface area contributed by atoms with Crippen molar-refractivity contribution in [2.45, 2.75) is 18.7 Å². The fourth-order valence-corrected chi connectivity index (χ4v) is 3.54. The van der Waals surface area contributed by atoms with Gasteiger partial charge in [0.1, 0.15) is 11.4 Å². The standard InChI is InChI=1S/C23H23ClF3N5O3/c1-2-31(21(34)15-8-4-3-5-9-15)14-22(35,23(25,26)27)13-29-20(33)16-12-30-32(19(16)28)18-11-7-6-10-17(18)24/h3-12,35H,2,13-14,28H2,1H3,(H,29,33). The average Bonchev–Trinajstić information content (AvgIpc) is 3.21. The first kappa shape index (κ1) is 26.0. The average molecular weight is 510 g/mol. The van der Waals surface area contributed by atoms with Crippen molar-refractivity contribution in [3.8, 4) is 5.69 Å². The maximum Gasteiger partial charge on any atom is 0.420 e. The molecule has 186 valence electrons. The molecule has 1 unspecified atom stereocenters. The lowest BCUT2D eigenvalue weighted by molar-refractivity contribution is -0.259. The van der Waals surface area contributed by atoms with Gasteiger partial charge in [0.15, 0.2) is 5.60 Å². The van der Waals surface area contributed by atoms with E-state index in [0.717, 1.165) is 11.1 Å². The number of benzene rings is 2. The first-order chi connectivity index (χ1) is 16.5. The number of para-hydroxylation sites is 1. The number of alkyl halides is 3. The fraction of sp³-hybridized carbons (Fsp3) is 0.261. The molecule has 1 aromatic heterocycles. The number of nitrogens with one attached hydrogen (secondary N) is 1. The van der Waals surface area contributed by atoms with E-state index in [1.165, 1.54) is 23.7 Å². The van der Waals surface area contributed by atoms with Crippen LogP contribution in [0.15, 0.2) is 60.8 Å². The summed E-state index contributed by atoms with van der Waals surface area (Å²) in [6.07, 6.45) is -4.07. The van der Waals surface area contributed by atoms with Crippen LogP contribution in [-0.4, -0.2) is 63.0 Å². The zero-order valence-corrected chi connectivity index (χ0v) is 19.3. The van der Waals surface area contributed by atoms with Crippen LogP contribution in [-0.2, 0) is 0 Å². The first-order valence-electron chi connectivity index (χ1n) is 10.5. The fourth-order valence-electron chi connectivity index (χ4n) is 3.32. The number of halogens is 4. The predicted molar refractivity (Wildman–Crippen MR) is 124 cm³/mol. The zero-order valence-electron chi connectivity index (χ0n) is 18.6. The minimum absolute atomic E-state index is 0.0996. The minimum Gasteiger partial charge on any atom is -0.383 e. The number of nitrogens with zero attached hydrogens (tertiary/aromatic N) is 3. The molecule has 4 N–H and O–H groups in total. The van der Waals surface area contributed by atoms with E-state index in [1.54, 1.807) is 42.5 Å². The summed E-state index contributed by atoms with van der Waals surface area (Å²) in [5.74, 6) is -1.83. The smallest absolute Gasteiger partial charge is 0.383 e. The lowest BCUT2D eigenvalue weighted by Crippen LogP contribution is -2.60. The summed E-state index contributed by atoms with van der Waals surface area (Å²) < 4.78 is 42.8. The second kappa shape index (κ2) is 10.4. The molecule has 0 radical (unpaired) electrons. The van der Waals surface area contributed by atoms with Crippen LogP contribution in [0.3, 0.4) is 0 Å². The van der Waals surface area contributed by atoms with Crippen LogP contribution >= 0.6 is 11.6 Å². The van der Waals surface area contributed by atoms with Gasteiger partial charge in [-0.05, 0) is 31.2 Å². The highest BCUT2D eigenvalue weighted by Crippen LogP contribution is 2.31. The van der Waals surface area contributed by atoms with Crippen molar-refractivity contribution < 1.29 is 27.9 Å². The van der Waals surface area contributed by atoms with Gasteiger partial charge in [-0.3, -0.25) is 9.59 Å². The monoisotopic (exact) mass is 509 g/mol. The summed E-state index contributed by atoms with van der Waals surface area (Å²) >= 11 is 6.12. The van der Waals surface area contributed by atoms with Crippen molar-refractivity contribution in [1.82, 2.24) is 20.0 Å². The van der Waals surface area contributed by atoms with Gasteiger partial charge in [-0.2, -0.15) is 18.3 Å². The molecule has 0 spiro atoms. The van der Waals surface area contributed by atoms with Gasteiger partial charge >= 0.3 is 6.18 Å². The molecule has 35 heavy (non-hydrogen) atoms. The number of hydrogen-bond acceptors (Lipinski definition) is 5. The number of carbonyl (C=O) groups excluding carboxylic acids is 2. The summed E-state index contributed by atoms with van der Waals surface area (Å²) in [7, 11) is 0. The molecule has 0 bridgehead atoms. The Labute approximate surface area is 204 Å². The Morgan fingerprint density at radius 1 is 1.14 bits per heavy atom. The topological polar surface area (TPSA) is 113 Å². The molecule has 8 nitrogen and oxygen atoms in total. The van der Waals surface area contributed by atoms with Gasteiger partial charge in [-0.25, -0.2) is 4.68 Å². The zero-order chi connectivity index (χ0) is 25.8. The van der Waals surface area contributed by atoms with E-state index in [9.17, 15) is 27.9 Å².